The van der Waals surface area contributed by atoms with Crippen LogP contribution in [-0.4, -0.2) is 39.8 Å². The molecule has 1 fully saturated rings. The highest BCUT2D eigenvalue weighted by Gasteiger charge is 2.33. The van der Waals surface area contributed by atoms with Gasteiger partial charge >= 0.3 is 6.61 Å². The van der Waals surface area contributed by atoms with Crippen LogP contribution >= 0.6 is 0 Å². The quantitative estimate of drug-likeness (QED) is 0.707. The molecule has 8 heteroatoms. The van der Waals surface area contributed by atoms with Crippen LogP contribution in [0.1, 0.15) is 24.4 Å². The monoisotopic (exact) mass is 407 g/mol. The van der Waals surface area contributed by atoms with Crippen LogP contribution in [0.15, 0.2) is 42.5 Å². The molecule has 156 valence electrons. The minimum atomic E-state index is -2.87. The highest BCUT2D eigenvalue weighted by Crippen LogP contribution is 2.31. The number of hydrogen-bond acceptors (Lipinski definition) is 4. The number of benzene rings is 2. The van der Waals surface area contributed by atoms with Crippen molar-refractivity contribution in [3.63, 3.8) is 0 Å². The van der Waals surface area contributed by atoms with Crippen molar-refractivity contribution in [2.75, 3.05) is 32.6 Å². The first kappa shape index (κ1) is 20.9. The standard InChI is InChI=1S/C21H24F2N2O4/c1-27-16-9-10-17(19(12-16)28-2)18-4-3-11-25(18)13-20(26)24-14-5-7-15(8-6-14)29-21(22)23/h5-10,12,18,21H,3-4,11,13H2,1-2H3,(H,24,26)/p+1/t18-/m1/s1. The lowest BCUT2D eigenvalue weighted by Gasteiger charge is -2.23. The Labute approximate surface area is 168 Å². The minimum absolute atomic E-state index is 0.0508. The van der Waals surface area contributed by atoms with Gasteiger partial charge in [0.25, 0.3) is 5.91 Å². The number of carbonyl (C=O) groups is 1. The fraction of sp³-hybridized carbons (Fsp3) is 0.381. The van der Waals surface area contributed by atoms with Gasteiger partial charge in [0.15, 0.2) is 6.54 Å². The van der Waals surface area contributed by atoms with Crippen LogP contribution in [0.25, 0.3) is 0 Å². The second kappa shape index (κ2) is 9.56. The molecule has 6 nitrogen and oxygen atoms in total. The Bertz CT molecular complexity index is 830. The van der Waals surface area contributed by atoms with Crippen LogP contribution in [0.5, 0.6) is 17.2 Å². The number of alkyl halides is 2. The number of halogens is 2. The normalized spacial score (nSPS) is 18.5. The van der Waals surface area contributed by atoms with E-state index in [0.29, 0.717) is 12.2 Å². The summed E-state index contributed by atoms with van der Waals surface area (Å²) >= 11 is 0. The fourth-order valence-corrected chi connectivity index (χ4v) is 3.74. The number of rotatable bonds is 8. The van der Waals surface area contributed by atoms with Gasteiger partial charge in [-0.15, -0.1) is 0 Å². The summed E-state index contributed by atoms with van der Waals surface area (Å²) in [4.78, 5) is 13.7. The zero-order chi connectivity index (χ0) is 20.8. The maximum absolute atomic E-state index is 12.5. The van der Waals surface area contributed by atoms with E-state index in [0.717, 1.165) is 41.3 Å². The number of methoxy groups -OCH3 is 2. The van der Waals surface area contributed by atoms with E-state index in [-0.39, 0.29) is 17.7 Å². The van der Waals surface area contributed by atoms with Gasteiger partial charge in [0.05, 0.1) is 26.3 Å². The number of nitrogens with one attached hydrogen (secondary N) is 2. The number of amides is 1. The molecule has 29 heavy (non-hydrogen) atoms. The molecule has 1 saturated heterocycles. The number of likely N-dealkylation sites (tertiary alicyclic amines) is 1. The lowest BCUT2D eigenvalue weighted by atomic mass is 10.0. The molecule has 0 aromatic heterocycles. The van der Waals surface area contributed by atoms with Crippen LogP contribution in [0.2, 0.25) is 0 Å². The number of ether oxygens (including phenoxy) is 3. The molecule has 2 N–H and O–H groups in total. The summed E-state index contributed by atoms with van der Waals surface area (Å²) in [7, 11) is 3.24. The van der Waals surface area contributed by atoms with Crippen molar-refractivity contribution in [2.45, 2.75) is 25.5 Å². The van der Waals surface area contributed by atoms with E-state index in [9.17, 15) is 13.6 Å². The molecule has 1 unspecified atom stereocenters. The topological polar surface area (TPSA) is 61.2 Å². The zero-order valence-electron chi connectivity index (χ0n) is 16.4. The summed E-state index contributed by atoms with van der Waals surface area (Å²) < 4.78 is 39.5. The zero-order valence-corrected chi connectivity index (χ0v) is 16.4. The van der Waals surface area contributed by atoms with E-state index in [1.165, 1.54) is 12.1 Å². The molecule has 0 spiro atoms. The Morgan fingerprint density at radius 3 is 2.52 bits per heavy atom. The Hall–Kier alpha value is -2.87. The van der Waals surface area contributed by atoms with Crippen molar-refractivity contribution in [2.24, 2.45) is 0 Å². The van der Waals surface area contributed by atoms with E-state index in [1.54, 1.807) is 26.4 Å². The third-order valence-electron chi connectivity index (χ3n) is 5.05. The summed E-state index contributed by atoms with van der Waals surface area (Å²) in [6.07, 6.45) is 1.98. The van der Waals surface area contributed by atoms with Gasteiger partial charge in [0.1, 0.15) is 23.3 Å². The van der Waals surface area contributed by atoms with Gasteiger partial charge in [0, 0.05) is 24.6 Å². The summed E-state index contributed by atoms with van der Waals surface area (Å²) in [6.45, 7) is -1.69. The molecule has 0 radical (unpaired) electrons. The maximum Gasteiger partial charge on any atom is 0.387 e. The first-order valence-electron chi connectivity index (χ1n) is 9.41. The number of quaternary nitrogens is 1. The molecule has 2 atom stereocenters. The van der Waals surface area contributed by atoms with Crippen molar-refractivity contribution >= 4 is 11.6 Å². The molecule has 3 rings (SSSR count). The van der Waals surface area contributed by atoms with Gasteiger partial charge in [-0.1, -0.05) is 0 Å². The van der Waals surface area contributed by atoms with Gasteiger partial charge < -0.3 is 24.4 Å². The molecular formula is C21H25F2N2O4+. The average Bonchev–Trinajstić information content (AvgIpc) is 3.16. The van der Waals surface area contributed by atoms with Crippen LogP contribution < -0.4 is 24.4 Å². The number of anilines is 1. The van der Waals surface area contributed by atoms with Crippen LogP contribution in [-0.2, 0) is 4.79 Å². The highest BCUT2D eigenvalue weighted by molar-refractivity contribution is 5.91. The lowest BCUT2D eigenvalue weighted by molar-refractivity contribution is -0.910. The molecular weight excluding hydrogens is 382 g/mol. The van der Waals surface area contributed by atoms with Crippen molar-refractivity contribution in [1.82, 2.24) is 0 Å². The molecule has 0 bridgehead atoms. The summed E-state index contributed by atoms with van der Waals surface area (Å²) in [5, 5.41) is 2.81. The van der Waals surface area contributed by atoms with Crippen LogP contribution in [0.3, 0.4) is 0 Å². The minimum Gasteiger partial charge on any atom is -0.497 e. The van der Waals surface area contributed by atoms with Gasteiger partial charge in [-0.3, -0.25) is 4.79 Å². The lowest BCUT2D eigenvalue weighted by Crippen LogP contribution is -3.11. The molecule has 2 aromatic carbocycles. The van der Waals surface area contributed by atoms with Crippen molar-refractivity contribution in [1.29, 1.82) is 0 Å². The van der Waals surface area contributed by atoms with Crippen molar-refractivity contribution in [3.05, 3.63) is 48.0 Å². The molecule has 1 aliphatic heterocycles. The Balaban J connectivity index is 1.64. The average molecular weight is 407 g/mol. The Kier molecular flexibility index (Phi) is 6.87. The van der Waals surface area contributed by atoms with E-state index in [4.69, 9.17) is 9.47 Å². The number of hydrogen-bond donors (Lipinski definition) is 2. The predicted molar refractivity (Wildman–Crippen MR) is 104 cm³/mol. The van der Waals surface area contributed by atoms with Gasteiger partial charge in [-0.2, -0.15) is 8.78 Å². The molecule has 0 saturated carbocycles. The smallest absolute Gasteiger partial charge is 0.387 e. The summed E-state index contributed by atoms with van der Waals surface area (Å²) in [5.41, 5.74) is 1.59. The molecule has 1 heterocycles. The van der Waals surface area contributed by atoms with E-state index in [2.05, 4.69) is 10.1 Å². The second-order valence-corrected chi connectivity index (χ2v) is 6.84. The van der Waals surface area contributed by atoms with Crippen LogP contribution in [0.4, 0.5) is 14.5 Å². The maximum atomic E-state index is 12.5. The summed E-state index contributed by atoms with van der Waals surface area (Å²) in [6, 6.07) is 11.8. The van der Waals surface area contributed by atoms with E-state index in [1.807, 2.05) is 18.2 Å². The SMILES string of the molecule is COc1ccc([C@H]2CCC[NH+]2CC(=O)Nc2ccc(OC(F)F)cc2)c(OC)c1. The highest BCUT2D eigenvalue weighted by atomic mass is 19.3. The largest absolute Gasteiger partial charge is 0.497 e. The predicted octanol–water partition coefficient (Wildman–Crippen LogP) is 2.66. The third-order valence-corrected chi connectivity index (χ3v) is 5.05. The van der Waals surface area contributed by atoms with Gasteiger partial charge in [-0.05, 0) is 36.4 Å². The van der Waals surface area contributed by atoms with E-state index >= 15 is 0 Å². The van der Waals surface area contributed by atoms with Crippen molar-refractivity contribution in [3.8, 4) is 17.2 Å². The Morgan fingerprint density at radius 1 is 1.14 bits per heavy atom. The summed E-state index contributed by atoms with van der Waals surface area (Å²) in [5.74, 6) is 1.39. The van der Waals surface area contributed by atoms with Gasteiger partial charge in [-0.25, -0.2) is 0 Å². The number of carbonyl (C=O) groups excluding carboxylic acids is 1. The van der Waals surface area contributed by atoms with Crippen LogP contribution in [0, 0.1) is 0 Å². The molecule has 1 amide bonds. The first-order chi connectivity index (χ1) is 14.0. The molecule has 0 aliphatic carbocycles. The van der Waals surface area contributed by atoms with Crippen molar-refractivity contribution < 1.29 is 32.7 Å². The van der Waals surface area contributed by atoms with E-state index < -0.39 is 6.61 Å². The first-order valence-corrected chi connectivity index (χ1v) is 9.41. The fourth-order valence-electron chi connectivity index (χ4n) is 3.74. The third kappa shape index (κ3) is 5.35. The second-order valence-electron chi connectivity index (χ2n) is 6.84. The molecule has 1 aliphatic rings. The van der Waals surface area contributed by atoms with Gasteiger partial charge in [0.2, 0.25) is 0 Å². The Morgan fingerprint density at radius 2 is 1.86 bits per heavy atom. The molecule has 2 aromatic rings.